The molecule has 0 aliphatic carbocycles. The average molecular weight is 678 g/mol. The highest BCUT2D eigenvalue weighted by molar-refractivity contribution is 6.17. The number of imidazole rings is 1. The van der Waals surface area contributed by atoms with E-state index >= 15 is 0 Å². The van der Waals surface area contributed by atoms with Gasteiger partial charge in [-0.25, -0.2) is 19.9 Å². The molecule has 248 valence electrons. The predicted octanol–water partition coefficient (Wildman–Crippen LogP) is 11.8. The van der Waals surface area contributed by atoms with Gasteiger partial charge in [0.2, 0.25) is 0 Å². The standard InChI is InChI=1S/C48H31N5/c1-5-15-32(16-6-1)41-31-42(51-47(50-41)37-21-11-4-12-22-37)33-25-27-35(28-26-33)45-46(36-19-9-3-10-20-36)53-30-29-39-43(48(53)52-45)38-23-13-14-24-40(38)49-44(39)34-17-7-2-8-18-34/h1-31H. The Kier molecular flexibility index (Phi) is 7.40. The lowest BCUT2D eigenvalue weighted by atomic mass is 10.0. The van der Waals surface area contributed by atoms with Crippen molar-refractivity contribution in [3.63, 3.8) is 0 Å². The summed E-state index contributed by atoms with van der Waals surface area (Å²) in [5, 5.41) is 3.23. The van der Waals surface area contributed by atoms with E-state index in [1.165, 1.54) is 0 Å². The third kappa shape index (κ3) is 5.43. The summed E-state index contributed by atoms with van der Waals surface area (Å²) in [6, 6.07) is 62.6. The minimum Gasteiger partial charge on any atom is -0.298 e. The summed E-state index contributed by atoms with van der Waals surface area (Å²) in [7, 11) is 0. The van der Waals surface area contributed by atoms with Crippen molar-refractivity contribution in [3.8, 4) is 67.7 Å². The molecule has 0 amide bonds. The molecule has 0 radical (unpaired) electrons. The minimum atomic E-state index is 0.696. The van der Waals surface area contributed by atoms with Gasteiger partial charge in [-0.15, -0.1) is 0 Å². The van der Waals surface area contributed by atoms with E-state index in [1.807, 2.05) is 48.5 Å². The topological polar surface area (TPSA) is 56.0 Å². The molecule has 4 aromatic heterocycles. The van der Waals surface area contributed by atoms with Gasteiger partial charge in [0.25, 0.3) is 0 Å². The summed E-state index contributed by atoms with van der Waals surface area (Å²) in [5.41, 5.74) is 12.7. The van der Waals surface area contributed by atoms with Crippen molar-refractivity contribution >= 4 is 27.3 Å². The molecule has 5 heteroatoms. The zero-order valence-electron chi connectivity index (χ0n) is 28.6. The van der Waals surface area contributed by atoms with Crippen LogP contribution in [0.4, 0.5) is 0 Å². The first-order valence-corrected chi connectivity index (χ1v) is 17.7. The first-order chi connectivity index (χ1) is 26.3. The lowest BCUT2D eigenvalue weighted by Gasteiger charge is -2.12. The molecule has 53 heavy (non-hydrogen) atoms. The smallest absolute Gasteiger partial charge is 0.160 e. The van der Waals surface area contributed by atoms with E-state index in [-0.39, 0.29) is 0 Å². The predicted molar refractivity (Wildman–Crippen MR) is 216 cm³/mol. The lowest BCUT2D eigenvalue weighted by Crippen LogP contribution is -1.96. The molecule has 0 fully saturated rings. The third-order valence-electron chi connectivity index (χ3n) is 9.83. The quantitative estimate of drug-likeness (QED) is 0.164. The SMILES string of the molecule is c1ccc(-c2cc(-c3ccc(-c4nc5c6c(ccn5c4-c4ccccc4)c(-c4ccccc4)nc4ccccc46)cc3)nc(-c3ccccc3)n2)cc1. The molecule has 0 atom stereocenters. The fourth-order valence-electron chi connectivity index (χ4n) is 7.29. The Bertz CT molecular complexity index is 2850. The van der Waals surface area contributed by atoms with Crippen LogP contribution in [0.1, 0.15) is 0 Å². The van der Waals surface area contributed by atoms with Crippen LogP contribution in [0.5, 0.6) is 0 Å². The maximum atomic E-state index is 5.49. The molecule has 0 bridgehead atoms. The number of aromatic nitrogens is 5. The first kappa shape index (κ1) is 30.6. The van der Waals surface area contributed by atoms with Crippen molar-refractivity contribution in [3.05, 3.63) is 188 Å². The molecule has 0 saturated carbocycles. The van der Waals surface area contributed by atoms with E-state index < -0.39 is 0 Å². The lowest BCUT2D eigenvalue weighted by molar-refractivity contribution is 1.18. The number of benzene rings is 6. The molecule has 0 unspecified atom stereocenters. The van der Waals surface area contributed by atoms with Crippen molar-refractivity contribution in [2.45, 2.75) is 0 Å². The van der Waals surface area contributed by atoms with Crippen molar-refractivity contribution in [2.24, 2.45) is 0 Å². The number of rotatable bonds is 6. The molecule has 4 heterocycles. The van der Waals surface area contributed by atoms with Crippen molar-refractivity contribution < 1.29 is 0 Å². The van der Waals surface area contributed by atoms with Crippen LogP contribution in [-0.2, 0) is 0 Å². The Morgan fingerprint density at radius 3 is 1.53 bits per heavy atom. The normalized spacial score (nSPS) is 11.4. The van der Waals surface area contributed by atoms with Crippen LogP contribution in [0.2, 0.25) is 0 Å². The Morgan fingerprint density at radius 1 is 0.358 bits per heavy atom. The Hall–Kier alpha value is -7.24. The van der Waals surface area contributed by atoms with E-state index in [0.717, 1.165) is 89.2 Å². The molecular weight excluding hydrogens is 647 g/mol. The summed E-state index contributed by atoms with van der Waals surface area (Å²) in [6.07, 6.45) is 2.14. The Labute approximate surface area is 306 Å². The van der Waals surface area contributed by atoms with Gasteiger partial charge in [0, 0.05) is 55.7 Å². The van der Waals surface area contributed by atoms with Gasteiger partial charge in [0.1, 0.15) is 5.65 Å². The van der Waals surface area contributed by atoms with Gasteiger partial charge >= 0.3 is 0 Å². The van der Waals surface area contributed by atoms with Gasteiger partial charge in [-0.2, -0.15) is 0 Å². The van der Waals surface area contributed by atoms with Crippen LogP contribution >= 0.6 is 0 Å². The van der Waals surface area contributed by atoms with Crippen molar-refractivity contribution in [2.75, 3.05) is 0 Å². The van der Waals surface area contributed by atoms with Crippen LogP contribution in [-0.4, -0.2) is 24.3 Å². The summed E-state index contributed by atoms with van der Waals surface area (Å²) in [5.74, 6) is 0.696. The van der Waals surface area contributed by atoms with Crippen LogP contribution in [0.15, 0.2) is 188 Å². The zero-order valence-corrected chi connectivity index (χ0v) is 28.6. The number of pyridine rings is 2. The molecule has 0 saturated heterocycles. The van der Waals surface area contributed by atoms with Gasteiger partial charge in [-0.3, -0.25) is 4.40 Å². The second kappa shape index (κ2) is 12.8. The van der Waals surface area contributed by atoms with Gasteiger partial charge in [-0.05, 0) is 18.2 Å². The number of hydrogen-bond donors (Lipinski definition) is 0. The second-order valence-corrected chi connectivity index (χ2v) is 13.1. The van der Waals surface area contributed by atoms with Crippen LogP contribution in [0.3, 0.4) is 0 Å². The Balaban J connectivity index is 1.17. The van der Waals surface area contributed by atoms with Crippen molar-refractivity contribution in [1.29, 1.82) is 0 Å². The molecule has 6 aromatic carbocycles. The van der Waals surface area contributed by atoms with Gasteiger partial charge < -0.3 is 0 Å². The molecular formula is C48H31N5. The maximum absolute atomic E-state index is 5.49. The summed E-state index contributed by atoms with van der Waals surface area (Å²) >= 11 is 0. The van der Waals surface area contributed by atoms with Crippen molar-refractivity contribution in [1.82, 2.24) is 24.3 Å². The van der Waals surface area contributed by atoms with Crippen LogP contribution < -0.4 is 0 Å². The number of hydrogen-bond acceptors (Lipinski definition) is 4. The highest BCUT2D eigenvalue weighted by Gasteiger charge is 2.21. The van der Waals surface area contributed by atoms with E-state index in [9.17, 15) is 0 Å². The van der Waals surface area contributed by atoms with E-state index in [1.54, 1.807) is 0 Å². The maximum Gasteiger partial charge on any atom is 0.160 e. The summed E-state index contributed by atoms with van der Waals surface area (Å²) in [6.45, 7) is 0. The number of fused-ring (bicyclic) bond motifs is 5. The van der Waals surface area contributed by atoms with Crippen LogP contribution in [0.25, 0.3) is 95.0 Å². The van der Waals surface area contributed by atoms with E-state index in [0.29, 0.717) is 5.82 Å². The zero-order chi connectivity index (χ0) is 35.1. The average Bonchev–Trinajstić information content (AvgIpc) is 3.64. The minimum absolute atomic E-state index is 0.696. The number of para-hydroxylation sites is 1. The molecule has 10 aromatic rings. The Morgan fingerprint density at radius 2 is 0.868 bits per heavy atom. The molecule has 0 aliphatic rings. The second-order valence-electron chi connectivity index (χ2n) is 13.1. The highest BCUT2D eigenvalue weighted by Crippen LogP contribution is 2.40. The third-order valence-corrected chi connectivity index (χ3v) is 9.83. The first-order valence-electron chi connectivity index (χ1n) is 17.7. The summed E-state index contributed by atoms with van der Waals surface area (Å²) in [4.78, 5) is 20.7. The van der Waals surface area contributed by atoms with E-state index in [2.05, 4.69) is 144 Å². The van der Waals surface area contributed by atoms with E-state index in [4.69, 9.17) is 19.9 Å². The number of nitrogens with zero attached hydrogens (tertiary/aromatic N) is 5. The molecule has 5 nitrogen and oxygen atoms in total. The van der Waals surface area contributed by atoms with Gasteiger partial charge in [0.05, 0.1) is 34.0 Å². The van der Waals surface area contributed by atoms with Gasteiger partial charge in [0.15, 0.2) is 5.82 Å². The van der Waals surface area contributed by atoms with Gasteiger partial charge in [-0.1, -0.05) is 164 Å². The monoisotopic (exact) mass is 677 g/mol. The molecule has 0 aliphatic heterocycles. The molecule has 0 spiro atoms. The summed E-state index contributed by atoms with van der Waals surface area (Å²) < 4.78 is 2.24. The largest absolute Gasteiger partial charge is 0.298 e. The fourth-order valence-corrected chi connectivity index (χ4v) is 7.29. The van der Waals surface area contributed by atoms with Crippen LogP contribution in [0, 0.1) is 0 Å². The molecule has 10 rings (SSSR count). The highest BCUT2D eigenvalue weighted by atomic mass is 15.0. The fraction of sp³-hybridized carbons (Fsp3) is 0. The molecule has 0 N–H and O–H groups in total.